The maximum absolute atomic E-state index is 11.2. The maximum atomic E-state index is 11.2. The van der Waals surface area contributed by atoms with E-state index in [0.29, 0.717) is 18.1 Å². The summed E-state index contributed by atoms with van der Waals surface area (Å²) in [5, 5.41) is 11.9. The second kappa shape index (κ2) is 6.25. The molecule has 0 aliphatic carbocycles. The lowest BCUT2D eigenvalue weighted by Crippen LogP contribution is -2.47. The van der Waals surface area contributed by atoms with Gasteiger partial charge in [-0.2, -0.15) is 0 Å². The summed E-state index contributed by atoms with van der Waals surface area (Å²) in [6.45, 7) is 2.67. The van der Waals surface area contributed by atoms with Gasteiger partial charge in [0.05, 0.1) is 4.92 Å². The number of hydrogen-bond donors (Lipinski definition) is 1. The molecular weight excluding hydrogens is 320 g/mol. The molecule has 0 atom stereocenters. The quantitative estimate of drug-likeness (QED) is 0.676. The maximum Gasteiger partial charge on any atom is 0.353 e. The number of nitro groups is 1. The summed E-state index contributed by atoms with van der Waals surface area (Å²) in [5.41, 5.74) is 6.46. The average Bonchev–Trinajstić information content (AvgIpc) is 2.55. The van der Waals surface area contributed by atoms with Gasteiger partial charge in [0.1, 0.15) is 6.33 Å². The zero-order valence-corrected chi connectivity index (χ0v) is 13.0. The van der Waals surface area contributed by atoms with Crippen molar-refractivity contribution in [2.45, 2.75) is 0 Å². The Kier molecular flexibility index (Phi) is 4.16. The van der Waals surface area contributed by atoms with Crippen molar-refractivity contribution in [3.8, 4) is 0 Å². The van der Waals surface area contributed by atoms with Crippen molar-refractivity contribution >= 4 is 34.6 Å². The summed E-state index contributed by atoms with van der Waals surface area (Å²) in [7, 11) is 0. The minimum Gasteiger partial charge on any atom is -0.378 e. The number of aromatic nitrogens is 2. The van der Waals surface area contributed by atoms with Crippen LogP contribution in [0.3, 0.4) is 0 Å². The van der Waals surface area contributed by atoms with Crippen molar-refractivity contribution in [3.05, 3.63) is 45.7 Å². The van der Waals surface area contributed by atoms with Gasteiger partial charge in [-0.25, -0.2) is 9.97 Å². The highest BCUT2D eigenvalue weighted by Gasteiger charge is 2.28. The molecule has 2 heterocycles. The molecule has 3 rings (SSSR count). The van der Waals surface area contributed by atoms with Crippen LogP contribution in [0, 0.1) is 10.1 Å². The number of piperazine rings is 1. The van der Waals surface area contributed by atoms with Crippen molar-refractivity contribution in [2.75, 3.05) is 41.7 Å². The van der Waals surface area contributed by atoms with Crippen LogP contribution in [0.5, 0.6) is 0 Å². The molecule has 1 aromatic carbocycles. The summed E-state index contributed by atoms with van der Waals surface area (Å²) in [5.74, 6) is 0.165. The van der Waals surface area contributed by atoms with E-state index in [1.54, 1.807) is 0 Å². The Morgan fingerprint density at radius 3 is 2.30 bits per heavy atom. The third kappa shape index (κ3) is 3.11. The van der Waals surface area contributed by atoms with Crippen molar-refractivity contribution < 1.29 is 4.92 Å². The van der Waals surface area contributed by atoms with Gasteiger partial charge < -0.3 is 15.5 Å². The van der Waals surface area contributed by atoms with E-state index < -0.39 is 4.92 Å². The van der Waals surface area contributed by atoms with Crippen LogP contribution in [0.2, 0.25) is 5.02 Å². The van der Waals surface area contributed by atoms with Gasteiger partial charge in [0, 0.05) is 36.9 Å². The molecule has 120 valence electrons. The van der Waals surface area contributed by atoms with Gasteiger partial charge in [-0.05, 0) is 24.3 Å². The Hall–Kier alpha value is -2.61. The molecule has 2 aromatic rings. The molecule has 23 heavy (non-hydrogen) atoms. The number of nitrogens with zero attached hydrogens (tertiary/aromatic N) is 5. The first-order valence-electron chi connectivity index (χ1n) is 7.06. The Labute approximate surface area is 137 Å². The molecule has 9 heteroatoms. The first-order chi connectivity index (χ1) is 11.1. The number of benzene rings is 1. The third-order valence-electron chi connectivity index (χ3n) is 3.78. The number of halogens is 1. The molecule has 1 aliphatic heterocycles. The van der Waals surface area contributed by atoms with E-state index in [0.717, 1.165) is 18.8 Å². The van der Waals surface area contributed by atoms with E-state index in [2.05, 4.69) is 14.9 Å². The largest absolute Gasteiger partial charge is 0.378 e. The van der Waals surface area contributed by atoms with Crippen LogP contribution in [0.1, 0.15) is 0 Å². The molecule has 0 radical (unpaired) electrons. The monoisotopic (exact) mass is 334 g/mol. The van der Waals surface area contributed by atoms with E-state index >= 15 is 0 Å². The summed E-state index contributed by atoms with van der Waals surface area (Å²) < 4.78 is 0. The van der Waals surface area contributed by atoms with Crippen molar-refractivity contribution in [3.63, 3.8) is 0 Å². The smallest absolute Gasteiger partial charge is 0.353 e. The number of rotatable bonds is 3. The van der Waals surface area contributed by atoms with Gasteiger partial charge >= 0.3 is 5.69 Å². The molecule has 0 spiro atoms. The SMILES string of the molecule is Nc1ncnc(N2CCN(c3ccc(Cl)cc3)CC2)c1[N+](=O)[O-]. The molecule has 0 bridgehead atoms. The second-order valence-electron chi connectivity index (χ2n) is 5.14. The summed E-state index contributed by atoms with van der Waals surface area (Å²) >= 11 is 5.90. The van der Waals surface area contributed by atoms with Crippen molar-refractivity contribution in [1.82, 2.24) is 9.97 Å². The Balaban J connectivity index is 1.76. The highest BCUT2D eigenvalue weighted by atomic mass is 35.5. The molecule has 0 amide bonds. The number of nitrogen functional groups attached to an aromatic ring is 1. The van der Waals surface area contributed by atoms with Crippen molar-refractivity contribution in [1.29, 1.82) is 0 Å². The standard InChI is InChI=1S/C14H15ClN6O2/c15-10-1-3-11(4-2-10)19-5-7-20(8-6-19)14-12(21(22)23)13(16)17-9-18-14/h1-4,9H,5-8H2,(H2,16,17,18). The summed E-state index contributed by atoms with van der Waals surface area (Å²) in [6.07, 6.45) is 1.25. The lowest BCUT2D eigenvalue weighted by Gasteiger charge is -2.36. The predicted octanol–water partition coefficient (Wildman–Crippen LogP) is 1.95. The van der Waals surface area contributed by atoms with E-state index in [-0.39, 0.29) is 17.3 Å². The minimum atomic E-state index is -0.532. The van der Waals surface area contributed by atoms with Gasteiger partial charge in [-0.3, -0.25) is 10.1 Å². The zero-order valence-electron chi connectivity index (χ0n) is 12.2. The van der Waals surface area contributed by atoms with Crippen molar-refractivity contribution in [2.24, 2.45) is 0 Å². The second-order valence-corrected chi connectivity index (χ2v) is 5.58. The molecule has 1 aliphatic rings. The molecule has 1 saturated heterocycles. The molecule has 1 aromatic heterocycles. The lowest BCUT2D eigenvalue weighted by atomic mass is 10.2. The fraction of sp³-hybridized carbons (Fsp3) is 0.286. The minimum absolute atomic E-state index is 0.111. The molecule has 8 nitrogen and oxygen atoms in total. The van der Waals surface area contributed by atoms with Gasteiger partial charge in [0.2, 0.25) is 11.6 Å². The number of anilines is 3. The molecule has 2 N–H and O–H groups in total. The lowest BCUT2D eigenvalue weighted by molar-refractivity contribution is -0.383. The fourth-order valence-corrected chi connectivity index (χ4v) is 2.74. The van der Waals surface area contributed by atoms with E-state index in [1.165, 1.54) is 6.33 Å². The van der Waals surface area contributed by atoms with E-state index in [1.807, 2.05) is 29.2 Å². The number of hydrogen-bond acceptors (Lipinski definition) is 7. The van der Waals surface area contributed by atoms with Gasteiger partial charge in [-0.15, -0.1) is 0 Å². The number of nitrogens with two attached hydrogens (primary N) is 1. The Morgan fingerprint density at radius 2 is 1.70 bits per heavy atom. The highest BCUT2D eigenvalue weighted by Crippen LogP contribution is 2.30. The third-order valence-corrected chi connectivity index (χ3v) is 4.04. The summed E-state index contributed by atoms with van der Waals surface area (Å²) in [6, 6.07) is 7.62. The van der Waals surface area contributed by atoms with Gasteiger partial charge in [-0.1, -0.05) is 11.6 Å². The topological polar surface area (TPSA) is 101 Å². The highest BCUT2D eigenvalue weighted by molar-refractivity contribution is 6.30. The van der Waals surface area contributed by atoms with Crippen LogP contribution >= 0.6 is 11.6 Å². The zero-order chi connectivity index (χ0) is 16.4. The fourth-order valence-electron chi connectivity index (χ4n) is 2.62. The molecular formula is C14H15ClN6O2. The van der Waals surface area contributed by atoms with Crippen LogP contribution in [0.15, 0.2) is 30.6 Å². The van der Waals surface area contributed by atoms with Crippen LogP contribution in [-0.4, -0.2) is 41.1 Å². The summed E-state index contributed by atoms with van der Waals surface area (Å²) in [4.78, 5) is 22.5. The first kappa shape index (κ1) is 15.3. The molecule has 0 saturated carbocycles. The Bertz CT molecular complexity index is 716. The van der Waals surface area contributed by atoms with Gasteiger partial charge in [0.15, 0.2) is 0 Å². The Morgan fingerprint density at radius 1 is 1.09 bits per heavy atom. The van der Waals surface area contributed by atoms with Gasteiger partial charge in [0.25, 0.3) is 0 Å². The average molecular weight is 335 g/mol. The molecule has 1 fully saturated rings. The first-order valence-corrected chi connectivity index (χ1v) is 7.44. The van der Waals surface area contributed by atoms with E-state index in [9.17, 15) is 10.1 Å². The predicted molar refractivity (Wildman–Crippen MR) is 89.0 cm³/mol. The van der Waals surface area contributed by atoms with Crippen LogP contribution in [-0.2, 0) is 0 Å². The normalized spacial score (nSPS) is 14.8. The molecule has 0 unspecified atom stereocenters. The van der Waals surface area contributed by atoms with E-state index in [4.69, 9.17) is 17.3 Å². The van der Waals surface area contributed by atoms with Crippen LogP contribution < -0.4 is 15.5 Å². The van der Waals surface area contributed by atoms with Crippen LogP contribution in [0.25, 0.3) is 0 Å². The van der Waals surface area contributed by atoms with Crippen LogP contribution in [0.4, 0.5) is 23.0 Å².